The van der Waals surface area contributed by atoms with E-state index in [4.69, 9.17) is 5.73 Å². The number of hydrogen-bond acceptors (Lipinski definition) is 2. The number of nitrogens with one attached hydrogen (secondary N) is 1. The molecule has 1 aliphatic rings. The van der Waals surface area contributed by atoms with E-state index in [1.807, 2.05) is 16.9 Å². The van der Waals surface area contributed by atoms with E-state index in [0.29, 0.717) is 12.0 Å². The minimum atomic E-state index is 0.243. The highest BCUT2D eigenvalue weighted by Gasteiger charge is 2.20. The van der Waals surface area contributed by atoms with Crippen molar-refractivity contribution in [2.24, 2.45) is 10.7 Å². The quantitative estimate of drug-likeness (QED) is 0.552. The molecule has 3 N–H and O–H groups in total. The molecule has 1 atom stereocenters. The summed E-state index contributed by atoms with van der Waals surface area (Å²) in [4.78, 5) is 4.31. The van der Waals surface area contributed by atoms with Crippen LogP contribution in [0.1, 0.15) is 19.8 Å². The van der Waals surface area contributed by atoms with Gasteiger partial charge in [-0.1, -0.05) is 0 Å². The van der Waals surface area contributed by atoms with E-state index in [0.717, 1.165) is 6.54 Å². The van der Waals surface area contributed by atoms with Crippen molar-refractivity contribution in [3.8, 4) is 0 Å². The fourth-order valence-electron chi connectivity index (χ4n) is 1.42. The Hall–Kier alpha value is -1.52. The van der Waals surface area contributed by atoms with E-state index in [1.165, 1.54) is 12.8 Å². The maximum Gasteiger partial charge on any atom is 0.189 e. The molecule has 5 nitrogen and oxygen atoms in total. The standard InChI is InChI=1S/C10H17N5/c1-8(7-15-6-2-5-12-15)13-10(11)14-9-3-4-9/h2,5-6,8-9H,3-4,7H2,1H3,(H3,11,13,14). The van der Waals surface area contributed by atoms with Crippen LogP contribution in [0.3, 0.4) is 0 Å². The minimum Gasteiger partial charge on any atom is -0.370 e. The molecule has 15 heavy (non-hydrogen) atoms. The lowest BCUT2D eigenvalue weighted by atomic mass is 10.3. The molecule has 0 saturated heterocycles. The number of nitrogens with zero attached hydrogens (tertiary/aromatic N) is 3. The lowest BCUT2D eigenvalue weighted by molar-refractivity contribution is 0.504. The summed E-state index contributed by atoms with van der Waals surface area (Å²) in [5.41, 5.74) is 5.75. The first kappa shape index (κ1) is 10.0. The molecule has 5 heteroatoms. The van der Waals surface area contributed by atoms with Crippen molar-refractivity contribution in [3.63, 3.8) is 0 Å². The first-order chi connectivity index (χ1) is 7.24. The molecule has 1 aliphatic carbocycles. The van der Waals surface area contributed by atoms with Gasteiger partial charge in [0.25, 0.3) is 0 Å². The zero-order valence-electron chi connectivity index (χ0n) is 8.93. The molecule has 1 fully saturated rings. The molecule has 0 radical (unpaired) electrons. The fraction of sp³-hybridized carbons (Fsp3) is 0.600. The molecule has 2 rings (SSSR count). The smallest absolute Gasteiger partial charge is 0.189 e. The van der Waals surface area contributed by atoms with Gasteiger partial charge in [-0.15, -0.1) is 0 Å². The summed E-state index contributed by atoms with van der Waals surface area (Å²) in [5, 5.41) is 7.29. The van der Waals surface area contributed by atoms with Gasteiger partial charge in [-0.3, -0.25) is 9.67 Å². The molecule has 0 spiro atoms. The van der Waals surface area contributed by atoms with Crippen LogP contribution in [0.5, 0.6) is 0 Å². The lowest BCUT2D eigenvalue weighted by Gasteiger charge is -2.14. The van der Waals surface area contributed by atoms with Gasteiger partial charge >= 0.3 is 0 Å². The van der Waals surface area contributed by atoms with Crippen molar-refractivity contribution >= 4 is 5.96 Å². The van der Waals surface area contributed by atoms with Crippen molar-refractivity contribution < 1.29 is 0 Å². The third kappa shape index (κ3) is 3.27. The van der Waals surface area contributed by atoms with Crippen LogP contribution in [0, 0.1) is 0 Å². The Bertz CT molecular complexity index is 326. The second-order valence-electron chi connectivity index (χ2n) is 4.02. The van der Waals surface area contributed by atoms with E-state index >= 15 is 0 Å². The summed E-state index contributed by atoms with van der Waals surface area (Å²) in [6, 6.07) is 2.62. The topological polar surface area (TPSA) is 68.2 Å². The van der Waals surface area contributed by atoms with Crippen LogP contribution in [-0.4, -0.2) is 27.8 Å². The number of nitrogens with two attached hydrogens (primary N) is 1. The highest BCUT2D eigenvalue weighted by atomic mass is 15.3. The van der Waals surface area contributed by atoms with E-state index in [-0.39, 0.29) is 6.04 Å². The average molecular weight is 207 g/mol. The van der Waals surface area contributed by atoms with Crippen LogP contribution in [0.2, 0.25) is 0 Å². The summed E-state index contributed by atoms with van der Waals surface area (Å²) < 4.78 is 1.88. The van der Waals surface area contributed by atoms with Crippen molar-refractivity contribution in [3.05, 3.63) is 18.5 Å². The lowest BCUT2D eigenvalue weighted by Crippen LogP contribution is -2.40. The van der Waals surface area contributed by atoms with Gasteiger partial charge in [0.05, 0.1) is 12.6 Å². The van der Waals surface area contributed by atoms with Gasteiger partial charge in [-0.2, -0.15) is 5.10 Å². The number of aromatic nitrogens is 2. The Morgan fingerprint density at radius 1 is 1.73 bits per heavy atom. The Morgan fingerprint density at radius 2 is 2.53 bits per heavy atom. The first-order valence-corrected chi connectivity index (χ1v) is 5.31. The van der Waals surface area contributed by atoms with Gasteiger partial charge in [-0.25, -0.2) is 0 Å². The van der Waals surface area contributed by atoms with Crippen molar-refractivity contribution in [1.29, 1.82) is 0 Å². The van der Waals surface area contributed by atoms with Crippen LogP contribution in [0.25, 0.3) is 0 Å². The monoisotopic (exact) mass is 207 g/mol. The predicted molar refractivity (Wildman–Crippen MR) is 59.5 cm³/mol. The van der Waals surface area contributed by atoms with Crippen LogP contribution < -0.4 is 11.1 Å². The molecule has 1 unspecified atom stereocenters. The van der Waals surface area contributed by atoms with Gasteiger partial charge in [0, 0.05) is 18.4 Å². The summed E-state index contributed by atoms with van der Waals surface area (Å²) in [6.07, 6.45) is 6.06. The predicted octanol–water partition coefficient (Wildman–Crippen LogP) is 0.338. The second-order valence-corrected chi connectivity index (χ2v) is 4.02. The third-order valence-electron chi connectivity index (χ3n) is 2.28. The molecule has 1 saturated carbocycles. The molecule has 0 aliphatic heterocycles. The number of rotatable bonds is 4. The van der Waals surface area contributed by atoms with Gasteiger partial charge in [0.2, 0.25) is 0 Å². The molecule has 0 aromatic carbocycles. The third-order valence-corrected chi connectivity index (χ3v) is 2.28. The SMILES string of the molecule is CC(Cn1cccn1)NC(N)=NC1CC1. The highest BCUT2D eigenvalue weighted by Crippen LogP contribution is 2.22. The highest BCUT2D eigenvalue weighted by molar-refractivity contribution is 5.78. The Kier molecular flexibility index (Phi) is 2.89. The molecule has 0 amide bonds. The van der Waals surface area contributed by atoms with Gasteiger partial charge < -0.3 is 11.1 Å². The van der Waals surface area contributed by atoms with Crippen LogP contribution >= 0.6 is 0 Å². The zero-order valence-corrected chi connectivity index (χ0v) is 8.93. The first-order valence-electron chi connectivity index (χ1n) is 5.31. The fourth-order valence-corrected chi connectivity index (χ4v) is 1.42. The molecule has 1 aromatic heterocycles. The van der Waals surface area contributed by atoms with E-state index in [9.17, 15) is 0 Å². The van der Waals surface area contributed by atoms with Crippen molar-refractivity contribution in [2.45, 2.75) is 38.4 Å². The van der Waals surface area contributed by atoms with Gasteiger partial charge in [0.1, 0.15) is 0 Å². The maximum absolute atomic E-state index is 5.75. The molecular formula is C10H17N5. The van der Waals surface area contributed by atoms with E-state index in [1.54, 1.807) is 6.20 Å². The van der Waals surface area contributed by atoms with Crippen LogP contribution in [-0.2, 0) is 6.54 Å². The van der Waals surface area contributed by atoms with E-state index in [2.05, 4.69) is 22.3 Å². The molecule has 82 valence electrons. The Morgan fingerprint density at radius 3 is 3.13 bits per heavy atom. The largest absolute Gasteiger partial charge is 0.370 e. The summed E-state index contributed by atoms with van der Waals surface area (Å²) in [7, 11) is 0. The second kappa shape index (κ2) is 4.33. The summed E-state index contributed by atoms with van der Waals surface area (Å²) >= 11 is 0. The molecule has 0 bridgehead atoms. The molecule has 1 heterocycles. The average Bonchev–Trinajstić information content (AvgIpc) is 2.80. The molecular weight excluding hydrogens is 190 g/mol. The zero-order chi connectivity index (χ0) is 10.7. The Balaban J connectivity index is 1.78. The minimum absolute atomic E-state index is 0.243. The molecule has 1 aromatic rings. The number of guanidine groups is 1. The van der Waals surface area contributed by atoms with Gasteiger partial charge in [0.15, 0.2) is 5.96 Å². The van der Waals surface area contributed by atoms with Gasteiger partial charge in [-0.05, 0) is 25.8 Å². The Labute approximate surface area is 89.4 Å². The summed E-state index contributed by atoms with van der Waals surface area (Å²) in [6.45, 7) is 2.87. The normalized spacial score (nSPS) is 18.9. The van der Waals surface area contributed by atoms with Crippen LogP contribution in [0.15, 0.2) is 23.5 Å². The summed E-state index contributed by atoms with van der Waals surface area (Å²) in [5.74, 6) is 0.553. The van der Waals surface area contributed by atoms with Crippen LogP contribution in [0.4, 0.5) is 0 Å². The number of hydrogen-bond donors (Lipinski definition) is 2. The van der Waals surface area contributed by atoms with Crippen molar-refractivity contribution in [2.75, 3.05) is 0 Å². The maximum atomic E-state index is 5.75. The van der Waals surface area contributed by atoms with E-state index < -0.39 is 0 Å². The van der Waals surface area contributed by atoms with Crippen molar-refractivity contribution in [1.82, 2.24) is 15.1 Å². The number of aliphatic imine (C=N–C) groups is 1.